The van der Waals surface area contributed by atoms with Gasteiger partial charge in [-0.1, -0.05) is 23.2 Å². The minimum atomic E-state index is 0.204. The molecule has 0 aromatic heterocycles. The van der Waals surface area contributed by atoms with Crippen molar-refractivity contribution in [2.45, 2.75) is 0 Å². The molecule has 0 aromatic carbocycles. The Labute approximate surface area is 94.4 Å². The molecule has 4 nitrogen and oxygen atoms in total. The number of hydrogen-bond donors (Lipinski definition) is 0. The Kier molecular flexibility index (Phi) is 13.8. The highest BCUT2D eigenvalue weighted by Gasteiger charge is 1.90. The molecular formula is C8H16Cl2O4. The summed E-state index contributed by atoms with van der Waals surface area (Å²) in [4.78, 5) is 0. The molecule has 0 N–H and O–H groups in total. The van der Waals surface area contributed by atoms with Crippen molar-refractivity contribution in [3.05, 3.63) is 0 Å². The van der Waals surface area contributed by atoms with Gasteiger partial charge in [0.15, 0.2) is 0 Å². The minimum absolute atomic E-state index is 0.204. The van der Waals surface area contributed by atoms with Crippen LogP contribution in [-0.2, 0) is 18.9 Å². The summed E-state index contributed by atoms with van der Waals surface area (Å²) in [5.41, 5.74) is 0. The molecule has 0 heterocycles. The highest BCUT2D eigenvalue weighted by Crippen LogP contribution is 1.84. The van der Waals surface area contributed by atoms with Gasteiger partial charge >= 0.3 is 0 Å². The van der Waals surface area contributed by atoms with E-state index in [-0.39, 0.29) is 12.1 Å². The maximum absolute atomic E-state index is 5.29. The number of hydrogen-bond acceptors (Lipinski definition) is 4. The molecule has 0 spiro atoms. The highest BCUT2D eigenvalue weighted by atomic mass is 35.5. The Bertz CT molecular complexity index is 93.3. The molecule has 0 saturated carbocycles. The van der Waals surface area contributed by atoms with Crippen molar-refractivity contribution in [1.29, 1.82) is 0 Å². The smallest absolute Gasteiger partial charge is 0.120 e. The summed E-state index contributed by atoms with van der Waals surface area (Å²) in [6.45, 7) is 3.19. The molecule has 0 aromatic rings. The lowest BCUT2D eigenvalue weighted by Gasteiger charge is -2.05. The van der Waals surface area contributed by atoms with Gasteiger partial charge in [-0.2, -0.15) is 0 Å². The molecule has 0 aliphatic heterocycles. The van der Waals surface area contributed by atoms with Gasteiger partial charge in [0.05, 0.1) is 39.6 Å². The fourth-order valence-corrected chi connectivity index (χ4v) is 0.885. The largest absolute Gasteiger partial charge is 0.377 e. The van der Waals surface area contributed by atoms with Gasteiger partial charge in [-0.3, -0.25) is 0 Å². The first-order chi connectivity index (χ1) is 6.91. The summed E-state index contributed by atoms with van der Waals surface area (Å²) in [5, 5.41) is 0. The van der Waals surface area contributed by atoms with E-state index < -0.39 is 0 Å². The molecule has 0 saturated heterocycles. The van der Waals surface area contributed by atoms with Gasteiger partial charge in [0.25, 0.3) is 0 Å². The lowest BCUT2D eigenvalue weighted by molar-refractivity contribution is 0.00712. The zero-order chi connectivity index (χ0) is 10.5. The van der Waals surface area contributed by atoms with Crippen molar-refractivity contribution in [2.24, 2.45) is 0 Å². The summed E-state index contributed by atoms with van der Waals surface area (Å²) < 4.78 is 20.0. The fraction of sp³-hybridized carbons (Fsp3) is 1.00. The van der Waals surface area contributed by atoms with Crippen LogP contribution in [-0.4, -0.2) is 51.8 Å². The molecule has 0 amide bonds. The molecule has 0 fully saturated rings. The number of alkyl halides is 2. The van der Waals surface area contributed by atoms with E-state index in [9.17, 15) is 0 Å². The van der Waals surface area contributed by atoms with Crippen molar-refractivity contribution < 1.29 is 18.9 Å². The third-order valence-corrected chi connectivity index (χ3v) is 1.58. The van der Waals surface area contributed by atoms with Crippen LogP contribution in [0.5, 0.6) is 0 Å². The van der Waals surface area contributed by atoms with Crippen LogP contribution in [0.15, 0.2) is 0 Å². The van der Waals surface area contributed by atoms with Crippen molar-refractivity contribution in [2.75, 3.05) is 51.8 Å². The van der Waals surface area contributed by atoms with Gasteiger partial charge in [-0.15, -0.1) is 0 Å². The molecule has 0 rings (SSSR count). The van der Waals surface area contributed by atoms with Crippen molar-refractivity contribution in [1.82, 2.24) is 0 Å². The van der Waals surface area contributed by atoms with E-state index in [4.69, 9.17) is 42.1 Å². The third kappa shape index (κ3) is 12.4. The van der Waals surface area contributed by atoms with E-state index in [2.05, 4.69) is 0 Å². The highest BCUT2D eigenvalue weighted by molar-refractivity contribution is 6.17. The first-order valence-electron chi connectivity index (χ1n) is 4.34. The Morgan fingerprint density at radius 2 is 0.786 bits per heavy atom. The quantitative estimate of drug-likeness (QED) is 0.409. The molecule has 0 radical (unpaired) electrons. The molecule has 0 atom stereocenters. The molecule has 0 aliphatic carbocycles. The van der Waals surface area contributed by atoms with Crippen molar-refractivity contribution >= 4 is 23.2 Å². The second-order valence-electron chi connectivity index (χ2n) is 2.26. The standard InChI is InChI=1S/C8H16Cl2O4/c9-7-13-5-3-11-1-2-12-4-6-14-8-10/h1-8H2. The van der Waals surface area contributed by atoms with E-state index in [1.807, 2.05) is 0 Å². The van der Waals surface area contributed by atoms with E-state index in [0.717, 1.165) is 0 Å². The van der Waals surface area contributed by atoms with Crippen LogP contribution in [0.4, 0.5) is 0 Å². The summed E-state index contributed by atoms with van der Waals surface area (Å²) in [6.07, 6.45) is 0. The molecule has 0 unspecified atom stereocenters. The SMILES string of the molecule is ClCOCCOCCOCCOCCl. The van der Waals surface area contributed by atoms with Crippen LogP contribution in [0.1, 0.15) is 0 Å². The van der Waals surface area contributed by atoms with E-state index in [1.165, 1.54) is 0 Å². The second-order valence-corrected chi connectivity index (χ2v) is 2.70. The monoisotopic (exact) mass is 246 g/mol. The minimum Gasteiger partial charge on any atom is -0.377 e. The predicted molar refractivity (Wildman–Crippen MR) is 55.0 cm³/mol. The Hall–Kier alpha value is 0.420. The number of ether oxygens (including phenoxy) is 4. The third-order valence-electron chi connectivity index (χ3n) is 1.27. The molecule has 0 bridgehead atoms. The first kappa shape index (κ1) is 14.4. The number of rotatable bonds is 11. The summed E-state index contributed by atoms with van der Waals surface area (Å²) in [5.74, 6) is 0. The number of halogens is 2. The summed E-state index contributed by atoms with van der Waals surface area (Å²) in [7, 11) is 0. The Morgan fingerprint density at radius 1 is 0.500 bits per heavy atom. The zero-order valence-electron chi connectivity index (χ0n) is 8.05. The fourth-order valence-electron chi connectivity index (χ4n) is 0.667. The van der Waals surface area contributed by atoms with Crippen molar-refractivity contribution in [3.8, 4) is 0 Å². The average molecular weight is 247 g/mol. The van der Waals surface area contributed by atoms with E-state index in [0.29, 0.717) is 39.6 Å². The predicted octanol–water partition coefficient (Wildman–Crippen LogP) is 1.45. The van der Waals surface area contributed by atoms with Crippen LogP contribution in [0.2, 0.25) is 0 Å². The second kappa shape index (κ2) is 13.4. The molecule has 6 heteroatoms. The van der Waals surface area contributed by atoms with Gasteiger partial charge in [0.1, 0.15) is 12.1 Å². The van der Waals surface area contributed by atoms with Crippen molar-refractivity contribution in [3.63, 3.8) is 0 Å². The average Bonchev–Trinajstić information content (AvgIpc) is 2.21. The summed E-state index contributed by atoms with van der Waals surface area (Å²) in [6, 6.07) is 0.408. The zero-order valence-corrected chi connectivity index (χ0v) is 9.56. The van der Waals surface area contributed by atoms with Gasteiger partial charge in [0.2, 0.25) is 0 Å². The lowest BCUT2D eigenvalue weighted by Crippen LogP contribution is -2.11. The normalized spacial score (nSPS) is 10.7. The van der Waals surface area contributed by atoms with E-state index in [1.54, 1.807) is 0 Å². The van der Waals surface area contributed by atoms with Crippen LogP contribution in [0.25, 0.3) is 0 Å². The van der Waals surface area contributed by atoms with Gasteiger partial charge in [-0.25, -0.2) is 0 Å². The molecule has 86 valence electrons. The van der Waals surface area contributed by atoms with Crippen LogP contribution in [0.3, 0.4) is 0 Å². The first-order valence-corrected chi connectivity index (χ1v) is 5.41. The van der Waals surface area contributed by atoms with Gasteiger partial charge in [0, 0.05) is 0 Å². The molecule has 0 aliphatic rings. The molecular weight excluding hydrogens is 231 g/mol. The van der Waals surface area contributed by atoms with E-state index >= 15 is 0 Å². The van der Waals surface area contributed by atoms with Crippen LogP contribution < -0.4 is 0 Å². The van der Waals surface area contributed by atoms with Crippen LogP contribution >= 0.6 is 23.2 Å². The van der Waals surface area contributed by atoms with Crippen LogP contribution in [0, 0.1) is 0 Å². The Morgan fingerprint density at radius 3 is 1.07 bits per heavy atom. The van der Waals surface area contributed by atoms with Gasteiger partial charge in [-0.05, 0) is 0 Å². The maximum atomic E-state index is 5.29. The lowest BCUT2D eigenvalue weighted by atomic mass is 10.7. The molecule has 14 heavy (non-hydrogen) atoms. The summed E-state index contributed by atoms with van der Waals surface area (Å²) >= 11 is 10.6. The maximum Gasteiger partial charge on any atom is 0.120 e. The Balaban J connectivity index is 2.78. The topological polar surface area (TPSA) is 36.9 Å². The van der Waals surface area contributed by atoms with Gasteiger partial charge < -0.3 is 18.9 Å².